The maximum Gasteiger partial charge on any atom is 0.239 e. The van der Waals surface area contributed by atoms with Crippen molar-refractivity contribution in [2.24, 2.45) is 0 Å². The van der Waals surface area contributed by atoms with Gasteiger partial charge in [-0.15, -0.1) is 0 Å². The molecule has 1 aliphatic heterocycles. The molecule has 0 spiro atoms. The number of aryl methyl sites for hydroxylation is 1. The van der Waals surface area contributed by atoms with Gasteiger partial charge in [0.15, 0.2) is 0 Å². The van der Waals surface area contributed by atoms with Crippen LogP contribution in [0.15, 0.2) is 28.8 Å². The molecular weight excluding hydrogens is 336 g/mol. The Morgan fingerprint density at radius 2 is 2.23 bits per heavy atom. The van der Waals surface area contributed by atoms with Crippen LogP contribution in [0.4, 0.5) is 0 Å². The number of nitrogens with zero attached hydrogens (tertiary/aromatic N) is 3. The van der Waals surface area contributed by atoms with Gasteiger partial charge < -0.3 is 19.5 Å². The van der Waals surface area contributed by atoms with Crippen LogP contribution in [0, 0.1) is 0 Å². The third kappa shape index (κ3) is 4.38. The number of ether oxygens (including phenoxy) is 1. The van der Waals surface area contributed by atoms with Crippen LogP contribution >= 0.6 is 0 Å². The molecule has 8 heteroatoms. The minimum absolute atomic E-state index is 0.0217. The van der Waals surface area contributed by atoms with Crippen molar-refractivity contribution in [1.29, 1.82) is 0 Å². The maximum atomic E-state index is 12.3. The summed E-state index contributed by atoms with van der Waals surface area (Å²) in [6, 6.07) is 7.45. The second-order valence-corrected chi connectivity index (χ2v) is 6.08. The van der Waals surface area contributed by atoms with Crippen molar-refractivity contribution < 1.29 is 18.8 Å². The van der Waals surface area contributed by atoms with E-state index in [-0.39, 0.29) is 18.4 Å². The highest BCUT2D eigenvalue weighted by atomic mass is 16.5. The standard InChI is InChI=1S/C18H22N4O4/c1-25-14-7-3-2-6-13(14)18-20-16(26-21-18)8-4-9-17(24)22-11-5-10-19-15(23)12-22/h2-3,6-7H,4-5,8-12H2,1H3,(H,19,23). The minimum Gasteiger partial charge on any atom is -0.496 e. The van der Waals surface area contributed by atoms with Crippen molar-refractivity contribution >= 4 is 11.8 Å². The summed E-state index contributed by atoms with van der Waals surface area (Å²) in [5, 5.41) is 6.75. The first-order chi connectivity index (χ1) is 12.7. The molecule has 1 aliphatic rings. The average Bonchev–Trinajstić information content (AvgIpc) is 3.01. The van der Waals surface area contributed by atoms with Crippen molar-refractivity contribution in [3.05, 3.63) is 30.2 Å². The Kier molecular flexibility index (Phi) is 5.83. The maximum absolute atomic E-state index is 12.3. The Hall–Kier alpha value is -2.90. The molecule has 1 N–H and O–H groups in total. The highest BCUT2D eigenvalue weighted by molar-refractivity contribution is 5.85. The van der Waals surface area contributed by atoms with Gasteiger partial charge in [0.2, 0.25) is 23.5 Å². The highest BCUT2D eigenvalue weighted by Crippen LogP contribution is 2.27. The lowest BCUT2D eigenvalue weighted by atomic mass is 10.2. The Bertz CT molecular complexity index is 774. The molecule has 2 heterocycles. The van der Waals surface area contributed by atoms with Gasteiger partial charge in [0, 0.05) is 25.9 Å². The number of methoxy groups -OCH3 is 1. The van der Waals surface area contributed by atoms with Crippen LogP contribution in [-0.4, -0.2) is 53.6 Å². The van der Waals surface area contributed by atoms with Crippen LogP contribution in [0.2, 0.25) is 0 Å². The Morgan fingerprint density at radius 3 is 3.08 bits per heavy atom. The summed E-state index contributed by atoms with van der Waals surface area (Å²) < 4.78 is 10.6. The van der Waals surface area contributed by atoms with Gasteiger partial charge in [0.1, 0.15) is 5.75 Å². The fourth-order valence-electron chi connectivity index (χ4n) is 2.86. The molecule has 2 amide bonds. The van der Waals surface area contributed by atoms with Crippen LogP contribution in [0.5, 0.6) is 5.75 Å². The smallest absolute Gasteiger partial charge is 0.239 e. The number of hydrogen-bond donors (Lipinski definition) is 1. The molecule has 1 aromatic carbocycles. The number of para-hydroxylation sites is 1. The zero-order chi connectivity index (χ0) is 18.4. The van der Waals surface area contributed by atoms with E-state index in [2.05, 4.69) is 15.5 Å². The second-order valence-electron chi connectivity index (χ2n) is 6.08. The van der Waals surface area contributed by atoms with E-state index >= 15 is 0 Å². The zero-order valence-corrected chi connectivity index (χ0v) is 14.7. The number of carbonyl (C=O) groups is 2. The monoisotopic (exact) mass is 358 g/mol. The normalized spacial score (nSPS) is 14.7. The molecule has 26 heavy (non-hydrogen) atoms. The largest absolute Gasteiger partial charge is 0.496 e. The van der Waals surface area contributed by atoms with Crippen molar-refractivity contribution in [1.82, 2.24) is 20.4 Å². The molecule has 0 atom stereocenters. The van der Waals surface area contributed by atoms with Gasteiger partial charge in [-0.1, -0.05) is 17.3 Å². The van der Waals surface area contributed by atoms with Gasteiger partial charge in [-0.05, 0) is 25.0 Å². The summed E-state index contributed by atoms with van der Waals surface area (Å²) in [5.74, 6) is 1.50. The predicted molar refractivity (Wildman–Crippen MR) is 93.4 cm³/mol. The van der Waals surface area contributed by atoms with E-state index < -0.39 is 0 Å². The van der Waals surface area contributed by atoms with E-state index in [9.17, 15) is 9.59 Å². The molecule has 2 aromatic rings. The lowest BCUT2D eigenvalue weighted by Gasteiger charge is -2.18. The van der Waals surface area contributed by atoms with Gasteiger partial charge in [-0.2, -0.15) is 4.98 Å². The van der Waals surface area contributed by atoms with Gasteiger partial charge >= 0.3 is 0 Å². The Morgan fingerprint density at radius 1 is 1.38 bits per heavy atom. The number of nitrogens with one attached hydrogen (secondary N) is 1. The third-order valence-electron chi connectivity index (χ3n) is 4.21. The van der Waals surface area contributed by atoms with Crippen LogP contribution in [0.1, 0.15) is 25.2 Å². The molecule has 0 bridgehead atoms. The summed E-state index contributed by atoms with van der Waals surface area (Å²) in [7, 11) is 1.59. The molecule has 1 fully saturated rings. The van der Waals surface area contributed by atoms with Crippen molar-refractivity contribution in [3.8, 4) is 17.1 Å². The van der Waals surface area contributed by atoms with E-state index in [1.54, 1.807) is 12.0 Å². The molecule has 3 rings (SSSR count). The van der Waals surface area contributed by atoms with Gasteiger partial charge in [0.25, 0.3) is 0 Å². The summed E-state index contributed by atoms with van der Waals surface area (Å²) in [6.07, 6.45) is 2.22. The summed E-state index contributed by atoms with van der Waals surface area (Å²) in [5.41, 5.74) is 0.761. The van der Waals surface area contributed by atoms with E-state index in [0.717, 1.165) is 12.0 Å². The number of amides is 2. The fourth-order valence-corrected chi connectivity index (χ4v) is 2.86. The number of rotatable bonds is 6. The second kappa shape index (κ2) is 8.46. The molecule has 138 valence electrons. The first kappa shape index (κ1) is 17.9. The predicted octanol–water partition coefficient (Wildman–Crippen LogP) is 1.42. The molecule has 0 aliphatic carbocycles. The highest BCUT2D eigenvalue weighted by Gasteiger charge is 2.19. The number of hydrogen-bond acceptors (Lipinski definition) is 6. The Balaban J connectivity index is 1.53. The quantitative estimate of drug-likeness (QED) is 0.839. The lowest BCUT2D eigenvalue weighted by Crippen LogP contribution is -2.37. The summed E-state index contributed by atoms with van der Waals surface area (Å²) >= 11 is 0. The molecular formula is C18H22N4O4. The molecule has 0 radical (unpaired) electrons. The van der Waals surface area contributed by atoms with Gasteiger partial charge in [-0.25, -0.2) is 0 Å². The van der Waals surface area contributed by atoms with E-state index in [4.69, 9.17) is 9.26 Å². The molecule has 1 saturated heterocycles. The van der Waals surface area contributed by atoms with Crippen LogP contribution in [0.25, 0.3) is 11.4 Å². The zero-order valence-electron chi connectivity index (χ0n) is 14.7. The number of aromatic nitrogens is 2. The first-order valence-corrected chi connectivity index (χ1v) is 8.68. The summed E-state index contributed by atoms with van der Waals surface area (Å²) in [4.78, 5) is 29.8. The van der Waals surface area contributed by atoms with Crippen LogP contribution in [0.3, 0.4) is 0 Å². The average molecular weight is 358 g/mol. The van der Waals surface area contributed by atoms with Crippen LogP contribution in [-0.2, 0) is 16.0 Å². The third-order valence-corrected chi connectivity index (χ3v) is 4.21. The Labute approximate surface area is 151 Å². The molecule has 8 nitrogen and oxygen atoms in total. The molecule has 1 aromatic heterocycles. The van der Waals surface area contributed by atoms with E-state index in [1.165, 1.54) is 0 Å². The van der Waals surface area contributed by atoms with E-state index in [1.807, 2.05) is 24.3 Å². The van der Waals surface area contributed by atoms with Crippen molar-refractivity contribution in [2.75, 3.05) is 26.7 Å². The van der Waals surface area contributed by atoms with Crippen molar-refractivity contribution in [2.45, 2.75) is 25.7 Å². The fraction of sp³-hybridized carbons (Fsp3) is 0.444. The molecule has 0 saturated carbocycles. The topological polar surface area (TPSA) is 97.6 Å². The van der Waals surface area contributed by atoms with Crippen molar-refractivity contribution in [3.63, 3.8) is 0 Å². The number of benzene rings is 1. The lowest BCUT2D eigenvalue weighted by molar-refractivity contribution is -0.135. The number of carbonyl (C=O) groups excluding carboxylic acids is 2. The SMILES string of the molecule is COc1ccccc1-c1noc(CCCC(=O)N2CCCNC(=O)C2)n1. The van der Waals surface area contributed by atoms with Gasteiger partial charge in [-0.3, -0.25) is 9.59 Å². The first-order valence-electron chi connectivity index (χ1n) is 8.68. The van der Waals surface area contributed by atoms with Crippen LogP contribution < -0.4 is 10.1 Å². The van der Waals surface area contributed by atoms with E-state index in [0.29, 0.717) is 49.8 Å². The van der Waals surface area contributed by atoms with Gasteiger partial charge in [0.05, 0.1) is 19.2 Å². The minimum atomic E-state index is -0.103. The summed E-state index contributed by atoms with van der Waals surface area (Å²) in [6.45, 7) is 1.36. The molecule has 0 unspecified atom stereocenters.